The molecule has 1 aliphatic carbocycles. The lowest BCUT2D eigenvalue weighted by Gasteiger charge is -2.35. The lowest BCUT2D eigenvalue weighted by molar-refractivity contribution is -0.894. The van der Waals surface area contributed by atoms with Gasteiger partial charge < -0.3 is 4.48 Å². The molecule has 0 N–H and O–H groups in total. The molecule has 0 amide bonds. The summed E-state index contributed by atoms with van der Waals surface area (Å²) in [5.74, 6) is 1.02. The second kappa shape index (κ2) is 8.96. The first-order valence-electron chi connectivity index (χ1n) is 8.46. The van der Waals surface area contributed by atoms with E-state index in [-0.39, 0.29) is 0 Å². The summed E-state index contributed by atoms with van der Waals surface area (Å²) in [6.45, 7) is 5.11. The Morgan fingerprint density at radius 2 is 1.44 bits per heavy atom. The standard InChI is InChI=1S/C17H36N/c1-4-5-6-7-8-12-15-18(2,3)16-17-13-10-9-11-14-17/h17H,4-16H2,1-3H3/q+1. The van der Waals surface area contributed by atoms with Crippen LogP contribution in [-0.4, -0.2) is 31.7 Å². The molecule has 0 aromatic heterocycles. The second-order valence-corrected chi connectivity index (χ2v) is 7.11. The average Bonchev–Trinajstić information content (AvgIpc) is 2.34. The molecule has 0 aromatic carbocycles. The van der Waals surface area contributed by atoms with Gasteiger partial charge in [0.1, 0.15) is 0 Å². The Morgan fingerprint density at radius 3 is 2.11 bits per heavy atom. The summed E-state index contributed by atoms with van der Waals surface area (Å²) in [5, 5.41) is 0. The summed E-state index contributed by atoms with van der Waals surface area (Å²) in [6.07, 6.45) is 16.0. The van der Waals surface area contributed by atoms with E-state index in [9.17, 15) is 0 Å². The lowest BCUT2D eigenvalue weighted by atomic mass is 9.88. The Balaban J connectivity index is 2.06. The minimum absolute atomic E-state index is 1.02. The highest BCUT2D eigenvalue weighted by molar-refractivity contribution is 4.65. The van der Waals surface area contributed by atoms with E-state index in [2.05, 4.69) is 21.0 Å². The van der Waals surface area contributed by atoms with Gasteiger partial charge in [-0.15, -0.1) is 0 Å². The third-order valence-electron chi connectivity index (χ3n) is 4.59. The van der Waals surface area contributed by atoms with Crippen molar-refractivity contribution in [2.45, 2.75) is 77.6 Å². The fourth-order valence-corrected chi connectivity index (χ4v) is 3.48. The highest BCUT2D eigenvalue weighted by atomic mass is 15.3. The second-order valence-electron chi connectivity index (χ2n) is 7.11. The number of hydrogen-bond donors (Lipinski definition) is 0. The van der Waals surface area contributed by atoms with E-state index < -0.39 is 0 Å². The van der Waals surface area contributed by atoms with E-state index in [1.807, 2.05) is 0 Å². The summed E-state index contributed by atoms with van der Waals surface area (Å²) < 4.78 is 1.26. The molecule has 108 valence electrons. The van der Waals surface area contributed by atoms with Crippen LogP contribution in [0, 0.1) is 5.92 Å². The molecule has 0 bridgehead atoms. The van der Waals surface area contributed by atoms with Crippen LogP contribution < -0.4 is 0 Å². The first-order chi connectivity index (χ1) is 8.64. The molecule has 0 unspecified atom stereocenters. The molecule has 0 aliphatic heterocycles. The molecule has 1 heteroatoms. The van der Waals surface area contributed by atoms with E-state index in [0.29, 0.717) is 0 Å². The maximum atomic E-state index is 2.45. The topological polar surface area (TPSA) is 0 Å². The van der Waals surface area contributed by atoms with Crippen LogP contribution in [0.4, 0.5) is 0 Å². The van der Waals surface area contributed by atoms with Gasteiger partial charge in [-0.3, -0.25) is 0 Å². The smallest absolute Gasteiger partial charge is 0.0811 e. The van der Waals surface area contributed by atoms with Gasteiger partial charge in [0.2, 0.25) is 0 Å². The lowest BCUT2D eigenvalue weighted by Crippen LogP contribution is -2.44. The van der Waals surface area contributed by atoms with Crippen LogP contribution >= 0.6 is 0 Å². The van der Waals surface area contributed by atoms with Crippen LogP contribution in [0.25, 0.3) is 0 Å². The van der Waals surface area contributed by atoms with Crippen molar-refractivity contribution in [2.75, 3.05) is 27.2 Å². The number of hydrogen-bond acceptors (Lipinski definition) is 0. The third kappa shape index (κ3) is 7.41. The zero-order valence-corrected chi connectivity index (χ0v) is 13.2. The predicted octanol–water partition coefficient (Wildman–Crippen LogP) is 5.00. The first kappa shape index (κ1) is 16.0. The molecule has 0 atom stereocenters. The molecule has 0 spiro atoms. The van der Waals surface area contributed by atoms with E-state index >= 15 is 0 Å². The summed E-state index contributed by atoms with van der Waals surface area (Å²) in [5.41, 5.74) is 0. The van der Waals surface area contributed by atoms with Gasteiger partial charge in [0.25, 0.3) is 0 Å². The van der Waals surface area contributed by atoms with Gasteiger partial charge >= 0.3 is 0 Å². The van der Waals surface area contributed by atoms with Gasteiger partial charge in [-0.2, -0.15) is 0 Å². The minimum atomic E-state index is 1.02. The predicted molar refractivity (Wildman–Crippen MR) is 81.8 cm³/mol. The Labute approximate surface area is 116 Å². The summed E-state index contributed by atoms with van der Waals surface area (Å²) in [4.78, 5) is 0. The zero-order valence-electron chi connectivity index (χ0n) is 13.2. The molecule has 1 nitrogen and oxygen atoms in total. The van der Waals surface area contributed by atoms with Crippen LogP contribution in [0.5, 0.6) is 0 Å². The molecule has 0 radical (unpaired) electrons. The fourth-order valence-electron chi connectivity index (χ4n) is 3.48. The van der Waals surface area contributed by atoms with Crippen molar-refractivity contribution in [3.63, 3.8) is 0 Å². The van der Waals surface area contributed by atoms with E-state index in [4.69, 9.17) is 0 Å². The van der Waals surface area contributed by atoms with Crippen molar-refractivity contribution in [3.8, 4) is 0 Å². The van der Waals surface area contributed by atoms with Gasteiger partial charge in [-0.25, -0.2) is 0 Å². The van der Waals surface area contributed by atoms with Crippen LogP contribution in [-0.2, 0) is 0 Å². The molecule has 0 heterocycles. The number of unbranched alkanes of at least 4 members (excludes halogenated alkanes) is 5. The summed E-state index contributed by atoms with van der Waals surface area (Å²) in [7, 11) is 4.89. The highest BCUT2D eigenvalue weighted by Gasteiger charge is 2.23. The van der Waals surface area contributed by atoms with Crippen molar-refractivity contribution in [2.24, 2.45) is 5.92 Å². The zero-order chi connectivity index (χ0) is 13.3. The van der Waals surface area contributed by atoms with Crippen molar-refractivity contribution in [3.05, 3.63) is 0 Å². The van der Waals surface area contributed by atoms with E-state index in [1.54, 1.807) is 0 Å². The molecular weight excluding hydrogens is 218 g/mol. The Hall–Kier alpha value is -0.0400. The van der Waals surface area contributed by atoms with Crippen LogP contribution in [0.1, 0.15) is 77.6 Å². The van der Waals surface area contributed by atoms with Crippen molar-refractivity contribution in [1.29, 1.82) is 0 Å². The maximum Gasteiger partial charge on any atom is 0.0811 e. The minimum Gasteiger partial charge on any atom is -0.328 e. The third-order valence-corrected chi connectivity index (χ3v) is 4.59. The molecule has 1 aliphatic rings. The molecule has 0 aromatic rings. The quantitative estimate of drug-likeness (QED) is 0.401. The molecule has 18 heavy (non-hydrogen) atoms. The Morgan fingerprint density at radius 1 is 0.833 bits per heavy atom. The largest absolute Gasteiger partial charge is 0.328 e. The van der Waals surface area contributed by atoms with E-state index in [0.717, 1.165) is 5.92 Å². The normalized spacial score (nSPS) is 18.2. The number of nitrogens with zero attached hydrogens (tertiary/aromatic N) is 1. The van der Waals surface area contributed by atoms with Crippen molar-refractivity contribution < 1.29 is 4.48 Å². The average molecular weight is 254 g/mol. The van der Waals surface area contributed by atoms with Gasteiger partial charge in [0, 0.05) is 5.92 Å². The first-order valence-corrected chi connectivity index (χ1v) is 8.46. The SMILES string of the molecule is CCCCCCCC[N+](C)(C)CC1CCCCC1. The monoisotopic (exact) mass is 254 g/mol. The highest BCUT2D eigenvalue weighted by Crippen LogP contribution is 2.25. The molecule has 0 saturated heterocycles. The van der Waals surface area contributed by atoms with Crippen LogP contribution in [0.15, 0.2) is 0 Å². The van der Waals surface area contributed by atoms with Crippen molar-refractivity contribution >= 4 is 0 Å². The molecular formula is C17H36N+. The Kier molecular flexibility index (Phi) is 7.97. The van der Waals surface area contributed by atoms with Gasteiger partial charge in [-0.05, 0) is 25.7 Å². The molecule has 1 rings (SSSR count). The fraction of sp³-hybridized carbons (Fsp3) is 1.00. The van der Waals surface area contributed by atoms with Gasteiger partial charge in [0.05, 0.1) is 27.2 Å². The molecule has 1 fully saturated rings. The number of rotatable bonds is 9. The van der Waals surface area contributed by atoms with Gasteiger partial charge in [-0.1, -0.05) is 51.9 Å². The number of quaternary nitrogens is 1. The maximum absolute atomic E-state index is 2.45. The van der Waals surface area contributed by atoms with E-state index in [1.165, 1.54) is 88.2 Å². The van der Waals surface area contributed by atoms with Gasteiger partial charge in [0.15, 0.2) is 0 Å². The molecule has 1 saturated carbocycles. The van der Waals surface area contributed by atoms with Crippen LogP contribution in [0.3, 0.4) is 0 Å². The summed E-state index contributed by atoms with van der Waals surface area (Å²) in [6, 6.07) is 0. The summed E-state index contributed by atoms with van der Waals surface area (Å²) >= 11 is 0. The van der Waals surface area contributed by atoms with Crippen LogP contribution in [0.2, 0.25) is 0 Å². The Bertz CT molecular complexity index is 192. The van der Waals surface area contributed by atoms with Crippen molar-refractivity contribution in [1.82, 2.24) is 0 Å².